The highest BCUT2D eigenvalue weighted by Crippen LogP contribution is 2.35. The largest absolute Gasteiger partial charge is 0.478 e. The van der Waals surface area contributed by atoms with Crippen LogP contribution in [0.3, 0.4) is 0 Å². The smallest absolute Gasteiger partial charge is 0.335 e. The number of hydrogen-bond acceptors (Lipinski definition) is 3. The summed E-state index contributed by atoms with van der Waals surface area (Å²) in [6.45, 7) is 2.30. The summed E-state index contributed by atoms with van der Waals surface area (Å²) in [7, 11) is 0. The van der Waals surface area contributed by atoms with Crippen LogP contribution < -0.4 is 4.90 Å². The van der Waals surface area contributed by atoms with Gasteiger partial charge in [0.1, 0.15) is 5.50 Å². The molecule has 1 aliphatic rings. The Morgan fingerprint density at radius 3 is 2.82 bits per heavy atom. The number of carbonyl (C=O) groups is 1. The molecule has 1 aliphatic heterocycles. The van der Waals surface area contributed by atoms with E-state index in [9.17, 15) is 9.90 Å². The van der Waals surface area contributed by atoms with E-state index in [1.54, 1.807) is 25.1 Å². The van der Waals surface area contributed by atoms with E-state index in [1.165, 1.54) is 6.07 Å². The lowest BCUT2D eigenvalue weighted by molar-refractivity contribution is 0.0696. The van der Waals surface area contributed by atoms with Crippen LogP contribution in [0.15, 0.2) is 24.3 Å². The van der Waals surface area contributed by atoms with E-state index >= 15 is 0 Å². The quantitative estimate of drug-likeness (QED) is 0.626. The molecule has 1 fully saturated rings. The summed E-state index contributed by atoms with van der Waals surface area (Å²) >= 11 is 6.16. The zero-order chi connectivity index (χ0) is 12.6. The molecule has 17 heavy (non-hydrogen) atoms. The third-order valence-corrected chi connectivity index (χ3v) is 3.78. The molecule has 92 valence electrons. The van der Waals surface area contributed by atoms with Crippen LogP contribution >= 0.6 is 11.6 Å². The van der Waals surface area contributed by atoms with Crippen molar-refractivity contribution in [2.75, 3.05) is 11.4 Å². The fourth-order valence-corrected chi connectivity index (χ4v) is 2.31. The second kappa shape index (κ2) is 4.20. The van der Waals surface area contributed by atoms with Crippen LogP contribution in [-0.4, -0.2) is 33.8 Å². The normalized spacial score (nSPS) is 28.4. The van der Waals surface area contributed by atoms with E-state index in [-0.39, 0.29) is 5.56 Å². The van der Waals surface area contributed by atoms with Gasteiger partial charge in [0.25, 0.3) is 0 Å². The number of anilines is 1. The number of halogens is 1. The Morgan fingerprint density at radius 2 is 2.29 bits per heavy atom. The summed E-state index contributed by atoms with van der Waals surface area (Å²) in [5.41, 5.74) is -0.534. The summed E-state index contributed by atoms with van der Waals surface area (Å²) in [6, 6.07) is 6.57. The first-order valence-electron chi connectivity index (χ1n) is 5.38. The van der Waals surface area contributed by atoms with Crippen molar-refractivity contribution in [2.45, 2.75) is 24.4 Å². The Hall–Kier alpha value is -1.26. The minimum atomic E-state index is -0.969. The number of aromatic carboxylic acids is 1. The lowest BCUT2D eigenvalue weighted by Gasteiger charge is -2.27. The van der Waals surface area contributed by atoms with Crippen LogP contribution in [0.25, 0.3) is 0 Å². The Morgan fingerprint density at radius 1 is 1.59 bits per heavy atom. The maximum absolute atomic E-state index is 10.9. The van der Waals surface area contributed by atoms with Gasteiger partial charge in [-0.05, 0) is 31.5 Å². The molecule has 2 rings (SSSR count). The number of carboxylic acid groups (broad SMARTS) is 1. The maximum atomic E-state index is 10.9. The summed E-state index contributed by atoms with van der Waals surface area (Å²) in [5.74, 6) is -0.969. The number of alkyl halides is 1. The molecule has 2 atom stereocenters. The number of rotatable bonds is 2. The van der Waals surface area contributed by atoms with Crippen molar-refractivity contribution in [2.24, 2.45) is 0 Å². The molecule has 1 aromatic rings. The summed E-state index contributed by atoms with van der Waals surface area (Å²) in [5, 5.41) is 18.9. The first-order valence-corrected chi connectivity index (χ1v) is 5.82. The highest BCUT2D eigenvalue weighted by molar-refractivity contribution is 6.23. The third kappa shape index (κ3) is 2.23. The Balaban J connectivity index is 2.30. The molecule has 2 N–H and O–H groups in total. The molecule has 0 saturated carbocycles. The highest BCUT2D eigenvalue weighted by atomic mass is 35.5. The van der Waals surface area contributed by atoms with Crippen LogP contribution in [0.2, 0.25) is 0 Å². The van der Waals surface area contributed by atoms with Crippen LogP contribution in [0.1, 0.15) is 23.7 Å². The molecule has 0 spiro atoms. The number of aliphatic hydroxyl groups is 1. The monoisotopic (exact) mass is 255 g/mol. The second-order valence-corrected chi connectivity index (χ2v) is 4.91. The molecular formula is C12H14ClNO3. The van der Waals surface area contributed by atoms with E-state index in [0.717, 1.165) is 5.69 Å². The zero-order valence-electron chi connectivity index (χ0n) is 9.43. The maximum Gasteiger partial charge on any atom is 0.335 e. The predicted molar refractivity (Wildman–Crippen MR) is 65.6 cm³/mol. The van der Waals surface area contributed by atoms with Crippen molar-refractivity contribution in [3.63, 3.8) is 0 Å². The summed E-state index contributed by atoms with van der Waals surface area (Å²) < 4.78 is 0. The number of carboxylic acids is 1. The molecule has 1 heterocycles. The first kappa shape index (κ1) is 12.2. The third-order valence-electron chi connectivity index (χ3n) is 3.07. The Kier molecular flexibility index (Phi) is 3.02. The molecule has 0 aliphatic carbocycles. The van der Waals surface area contributed by atoms with Gasteiger partial charge < -0.3 is 15.1 Å². The lowest BCUT2D eigenvalue weighted by Crippen LogP contribution is -2.38. The predicted octanol–water partition coefficient (Wildman–Crippen LogP) is 1.91. The van der Waals surface area contributed by atoms with Gasteiger partial charge >= 0.3 is 5.97 Å². The van der Waals surface area contributed by atoms with Gasteiger partial charge in [0.15, 0.2) is 0 Å². The minimum absolute atomic E-state index is 0.220. The molecule has 0 aromatic heterocycles. The van der Waals surface area contributed by atoms with Gasteiger partial charge in [-0.3, -0.25) is 0 Å². The van der Waals surface area contributed by atoms with Crippen molar-refractivity contribution < 1.29 is 15.0 Å². The standard InChI is InChI=1S/C12H14ClNO3/c1-12(17)5-6-14(11(12)13)9-4-2-3-8(7-9)10(15)16/h2-4,7,11,17H,5-6H2,1H3,(H,15,16). The van der Waals surface area contributed by atoms with Gasteiger partial charge in [-0.1, -0.05) is 17.7 Å². The van der Waals surface area contributed by atoms with Crippen molar-refractivity contribution in [3.05, 3.63) is 29.8 Å². The van der Waals surface area contributed by atoms with Gasteiger partial charge in [-0.25, -0.2) is 4.79 Å². The Labute approximate surface area is 104 Å². The van der Waals surface area contributed by atoms with Gasteiger partial charge in [0.05, 0.1) is 11.2 Å². The van der Waals surface area contributed by atoms with Gasteiger partial charge in [0.2, 0.25) is 0 Å². The van der Waals surface area contributed by atoms with E-state index in [0.29, 0.717) is 13.0 Å². The lowest BCUT2D eigenvalue weighted by atomic mass is 10.1. The topological polar surface area (TPSA) is 60.8 Å². The van der Waals surface area contributed by atoms with E-state index in [1.807, 2.05) is 4.90 Å². The first-order chi connectivity index (χ1) is 7.92. The fraction of sp³-hybridized carbons (Fsp3) is 0.417. The van der Waals surface area contributed by atoms with Crippen LogP contribution in [0.5, 0.6) is 0 Å². The van der Waals surface area contributed by atoms with E-state index < -0.39 is 17.1 Å². The van der Waals surface area contributed by atoms with Gasteiger partial charge in [0, 0.05) is 12.2 Å². The molecule has 1 saturated heterocycles. The fourth-order valence-electron chi connectivity index (χ4n) is 1.99. The van der Waals surface area contributed by atoms with Crippen molar-refractivity contribution >= 4 is 23.3 Å². The van der Waals surface area contributed by atoms with Crippen LogP contribution in [0, 0.1) is 0 Å². The summed E-state index contributed by atoms with van der Waals surface area (Å²) in [6.07, 6.45) is 0.568. The van der Waals surface area contributed by atoms with Crippen LogP contribution in [0.4, 0.5) is 5.69 Å². The van der Waals surface area contributed by atoms with Crippen molar-refractivity contribution in [1.29, 1.82) is 0 Å². The zero-order valence-corrected chi connectivity index (χ0v) is 10.2. The Bertz CT molecular complexity index is 447. The minimum Gasteiger partial charge on any atom is -0.478 e. The average molecular weight is 256 g/mol. The molecule has 0 amide bonds. The molecule has 5 heteroatoms. The van der Waals surface area contributed by atoms with E-state index in [2.05, 4.69) is 0 Å². The molecule has 0 radical (unpaired) electrons. The van der Waals surface area contributed by atoms with Crippen LogP contribution in [-0.2, 0) is 0 Å². The van der Waals surface area contributed by atoms with E-state index in [4.69, 9.17) is 16.7 Å². The van der Waals surface area contributed by atoms with Gasteiger partial charge in [-0.15, -0.1) is 0 Å². The average Bonchev–Trinajstić information content (AvgIpc) is 2.54. The van der Waals surface area contributed by atoms with Gasteiger partial charge in [-0.2, -0.15) is 0 Å². The highest BCUT2D eigenvalue weighted by Gasteiger charge is 2.41. The van der Waals surface area contributed by atoms with Crippen molar-refractivity contribution in [3.8, 4) is 0 Å². The summed E-state index contributed by atoms with van der Waals surface area (Å²) in [4.78, 5) is 12.7. The number of nitrogens with zero attached hydrogens (tertiary/aromatic N) is 1. The molecule has 0 bridgehead atoms. The molecular weight excluding hydrogens is 242 g/mol. The molecule has 2 unspecified atom stereocenters. The number of hydrogen-bond donors (Lipinski definition) is 2. The SMILES string of the molecule is CC1(O)CCN(c2cccc(C(=O)O)c2)C1Cl. The molecule has 4 nitrogen and oxygen atoms in total. The molecule has 1 aromatic carbocycles. The van der Waals surface area contributed by atoms with Crippen molar-refractivity contribution in [1.82, 2.24) is 0 Å². The number of benzene rings is 1. The second-order valence-electron chi connectivity index (χ2n) is 4.49.